The van der Waals surface area contributed by atoms with Crippen molar-refractivity contribution in [1.82, 2.24) is 4.98 Å². The van der Waals surface area contributed by atoms with Crippen molar-refractivity contribution in [3.8, 4) is 17.2 Å². The van der Waals surface area contributed by atoms with Gasteiger partial charge in [-0.05, 0) is 55.0 Å². The number of sulfone groups is 1. The number of rotatable bonds is 9. The fourth-order valence-corrected chi connectivity index (χ4v) is 4.01. The first kappa shape index (κ1) is 21.2. The van der Waals surface area contributed by atoms with Crippen LogP contribution in [0.3, 0.4) is 0 Å². The zero-order chi connectivity index (χ0) is 20.9. The molecule has 154 valence electrons. The molecule has 0 atom stereocenters. The number of anilines is 1. The first-order valence-corrected chi connectivity index (χ1v) is 10.7. The van der Waals surface area contributed by atoms with E-state index >= 15 is 0 Å². The molecule has 0 aliphatic rings. The van der Waals surface area contributed by atoms with Crippen LogP contribution in [0.5, 0.6) is 5.75 Å². The molecule has 0 spiro atoms. The Bertz CT molecular complexity index is 1050. The lowest BCUT2D eigenvalue weighted by Crippen LogP contribution is -2.09. The molecule has 1 heterocycles. The van der Waals surface area contributed by atoms with Gasteiger partial charge in [-0.1, -0.05) is 11.6 Å². The van der Waals surface area contributed by atoms with E-state index in [1.165, 1.54) is 24.3 Å². The Morgan fingerprint density at radius 1 is 1.07 bits per heavy atom. The predicted octanol–water partition coefficient (Wildman–Crippen LogP) is 4.28. The van der Waals surface area contributed by atoms with Gasteiger partial charge in [0.25, 0.3) is 0 Å². The second-order valence-electron chi connectivity index (χ2n) is 6.11. The van der Waals surface area contributed by atoms with Crippen LogP contribution in [-0.4, -0.2) is 40.8 Å². The zero-order valence-corrected chi connectivity index (χ0v) is 17.6. The minimum atomic E-state index is -3.91. The number of nitrogens with one attached hydrogen (secondary N) is 1. The fourth-order valence-electron chi connectivity index (χ4n) is 2.60. The highest BCUT2D eigenvalue weighted by Gasteiger charge is 2.28. The molecule has 0 fully saturated rings. The molecule has 1 N–H and O–H groups in total. The van der Waals surface area contributed by atoms with Crippen molar-refractivity contribution >= 4 is 27.3 Å². The van der Waals surface area contributed by atoms with Gasteiger partial charge in [0.15, 0.2) is 0 Å². The van der Waals surface area contributed by atoms with Gasteiger partial charge in [0.05, 0.1) is 12.0 Å². The molecule has 0 aliphatic heterocycles. The Kier molecular flexibility index (Phi) is 6.79. The molecule has 0 unspecified atom stereocenters. The van der Waals surface area contributed by atoms with Crippen molar-refractivity contribution in [3.63, 3.8) is 0 Å². The minimum Gasteiger partial charge on any atom is -0.497 e. The highest BCUT2D eigenvalue weighted by molar-refractivity contribution is 7.91. The van der Waals surface area contributed by atoms with Gasteiger partial charge in [0.2, 0.25) is 26.6 Å². The van der Waals surface area contributed by atoms with Crippen molar-refractivity contribution in [1.29, 1.82) is 0 Å². The summed E-state index contributed by atoms with van der Waals surface area (Å²) in [6.45, 7) is 1.000. The Hall–Kier alpha value is -2.55. The molecule has 29 heavy (non-hydrogen) atoms. The standard InChI is InChI=1S/C20H21ClN2O5S/c1-26-13-3-12-22-19-20(29(24,25)17-10-6-15(21)7-11-17)23-18(28-19)14-4-8-16(27-2)9-5-14/h4-11,22H,3,12-13H2,1-2H3. The van der Waals surface area contributed by atoms with Crippen LogP contribution in [0, 0.1) is 0 Å². The van der Waals surface area contributed by atoms with E-state index in [1.54, 1.807) is 38.5 Å². The van der Waals surface area contributed by atoms with Crippen LogP contribution < -0.4 is 10.1 Å². The Labute approximate surface area is 174 Å². The van der Waals surface area contributed by atoms with Crippen molar-refractivity contribution in [2.45, 2.75) is 16.3 Å². The van der Waals surface area contributed by atoms with Crippen LogP contribution in [0.25, 0.3) is 11.5 Å². The van der Waals surface area contributed by atoms with Crippen LogP contribution >= 0.6 is 11.6 Å². The van der Waals surface area contributed by atoms with Gasteiger partial charge in [-0.3, -0.25) is 0 Å². The SMILES string of the molecule is COCCCNc1oc(-c2ccc(OC)cc2)nc1S(=O)(=O)c1ccc(Cl)cc1. The van der Waals surface area contributed by atoms with Crippen LogP contribution in [0.4, 0.5) is 5.88 Å². The van der Waals surface area contributed by atoms with Crippen LogP contribution in [0.15, 0.2) is 62.9 Å². The Morgan fingerprint density at radius 3 is 2.38 bits per heavy atom. The Balaban J connectivity index is 2.00. The van der Waals surface area contributed by atoms with Crippen molar-refractivity contribution < 1.29 is 22.3 Å². The normalized spacial score (nSPS) is 11.4. The molecule has 0 bridgehead atoms. The number of halogens is 1. The van der Waals surface area contributed by atoms with E-state index in [0.29, 0.717) is 35.9 Å². The number of ether oxygens (including phenoxy) is 2. The van der Waals surface area contributed by atoms with Gasteiger partial charge in [-0.25, -0.2) is 8.42 Å². The summed E-state index contributed by atoms with van der Waals surface area (Å²) >= 11 is 5.88. The zero-order valence-electron chi connectivity index (χ0n) is 16.0. The average Bonchev–Trinajstić information content (AvgIpc) is 3.17. The average molecular weight is 437 g/mol. The van der Waals surface area contributed by atoms with Crippen LogP contribution in [0.2, 0.25) is 5.02 Å². The summed E-state index contributed by atoms with van der Waals surface area (Å²) in [7, 11) is -0.739. The fraction of sp³-hybridized carbons (Fsp3) is 0.250. The minimum absolute atomic E-state index is 0.0800. The molecular formula is C20H21ClN2O5S. The molecular weight excluding hydrogens is 416 g/mol. The maximum atomic E-state index is 13.1. The van der Waals surface area contributed by atoms with E-state index < -0.39 is 9.84 Å². The largest absolute Gasteiger partial charge is 0.497 e. The molecule has 0 saturated heterocycles. The number of aromatic nitrogens is 1. The van der Waals surface area contributed by atoms with Gasteiger partial charge < -0.3 is 19.2 Å². The van der Waals surface area contributed by atoms with Gasteiger partial charge in [0, 0.05) is 30.8 Å². The first-order valence-electron chi connectivity index (χ1n) is 8.84. The lowest BCUT2D eigenvalue weighted by Gasteiger charge is -2.06. The quantitative estimate of drug-likeness (QED) is 0.500. The van der Waals surface area contributed by atoms with Crippen molar-refractivity contribution in [2.75, 3.05) is 32.7 Å². The third-order valence-electron chi connectivity index (χ3n) is 4.12. The van der Waals surface area contributed by atoms with Crippen molar-refractivity contribution in [2.24, 2.45) is 0 Å². The van der Waals surface area contributed by atoms with E-state index in [4.69, 9.17) is 25.5 Å². The van der Waals surface area contributed by atoms with E-state index in [0.717, 1.165) is 0 Å². The summed E-state index contributed by atoms with van der Waals surface area (Å²) in [5, 5.41) is 3.28. The smallest absolute Gasteiger partial charge is 0.233 e. The van der Waals surface area contributed by atoms with Crippen LogP contribution in [0.1, 0.15) is 6.42 Å². The van der Waals surface area contributed by atoms with Crippen LogP contribution in [-0.2, 0) is 14.6 Å². The third-order valence-corrected chi connectivity index (χ3v) is 6.05. The van der Waals surface area contributed by atoms with E-state index in [-0.39, 0.29) is 21.7 Å². The van der Waals surface area contributed by atoms with Gasteiger partial charge in [-0.2, -0.15) is 4.98 Å². The third kappa shape index (κ3) is 4.90. The highest BCUT2D eigenvalue weighted by atomic mass is 35.5. The summed E-state index contributed by atoms with van der Waals surface area (Å²) in [5.41, 5.74) is 0.628. The molecule has 9 heteroatoms. The number of nitrogens with zero attached hydrogens (tertiary/aromatic N) is 1. The second kappa shape index (κ2) is 9.30. The summed E-state index contributed by atoms with van der Waals surface area (Å²) in [6.07, 6.45) is 0.676. The first-order chi connectivity index (χ1) is 14.0. The topological polar surface area (TPSA) is 90.7 Å². The summed E-state index contributed by atoms with van der Waals surface area (Å²) in [5.74, 6) is 0.948. The van der Waals surface area contributed by atoms with Gasteiger partial charge >= 0.3 is 0 Å². The number of hydrogen-bond donors (Lipinski definition) is 1. The molecule has 7 nitrogen and oxygen atoms in total. The second-order valence-corrected chi connectivity index (χ2v) is 8.41. The van der Waals surface area contributed by atoms with E-state index in [2.05, 4.69) is 10.3 Å². The number of methoxy groups -OCH3 is 2. The highest BCUT2D eigenvalue weighted by Crippen LogP contribution is 2.33. The summed E-state index contributed by atoms with van der Waals surface area (Å²) < 4.78 is 42.3. The molecule has 3 aromatic rings. The molecule has 3 rings (SSSR count). The molecule has 1 aromatic heterocycles. The monoisotopic (exact) mass is 436 g/mol. The summed E-state index contributed by atoms with van der Waals surface area (Å²) in [4.78, 5) is 4.36. The predicted molar refractivity (Wildman–Crippen MR) is 110 cm³/mol. The number of hydrogen-bond acceptors (Lipinski definition) is 7. The lowest BCUT2D eigenvalue weighted by molar-refractivity contribution is 0.197. The number of oxazole rings is 1. The maximum absolute atomic E-state index is 13.1. The molecule has 0 amide bonds. The van der Waals surface area contributed by atoms with E-state index in [1.807, 2.05) is 0 Å². The van der Waals surface area contributed by atoms with Gasteiger partial charge in [-0.15, -0.1) is 0 Å². The van der Waals surface area contributed by atoms with E-state index in [9.17, 15) is 8.42 Å². The van der Waals surface area contributed by atoms with Crippen molar-refractivity contribution in [3.05, 3.63) is 53.6 Å². The molecule has 0 radical (unpaired) electrons. The maximum Gasteiger partial charge on any atom is 0.233 e. The number of benzene rings is 2. The molecule has 0 saturated carbocycles. The lowest BCUT2D eigenvalue weighted by atomic mass is 10.2. The molecule has 2 aromatic carbocycles. The Morgan fingerprint density at radius 2 is 1.76 bits per heavy atom. The van der Waals surface area contributed by atoms with Gasteiger partial charge in [0.1, 0.15) is 5.75 Å². The molecule has 0 aliphatic carbocycles. The summed E-state index contributed by atoms with van der Waals surface area (Å²) in [6, 6.07) is 12.9.